The fraction of sp³-hybridized carbons (Fsp3) is 1.00. The molecular formula is C26H28. The predicted molar refractivity (Wildman–Crippen MR) is 93.3 cm³/mol. The maximum absolute atomic E-state index is 1.80. The minimum atomic E-state index is 0.959. The van der Waals surface area contributed by atoms with Gasteiger partial charge in [0.05, 0.1) is 0 Å². The van der Waals surface area contributed by atoms with E-state index in [1.165, 1.54) is 82.9 Å². The van der Waals surface area contributed by atoms with Crippen LogP contribution in [0.5, 0.6) is 0 Å². The van der Waals surface area contributed by atoms with Crippen LogP contribution < -0.4 is 0 Å². The van der Waals surface area contributed by atoms with Crippen molar-refractivity contribution in [1.29, 1.82) is 0 Å². The first-order chi connectivity index (χ1) is 12.8. The Labute approximate surface area is 155 Å². The average Bonchev–Trinajstić information content (AvgIpc) is 2.99. The van der Waals surface area contributed by atoms with Crippen molar-refractivity contribution in [3.63, 3.8) is 0 Å². The first-order valence-electron chi connectivity index (χ1n) is 12.8. The fourth-order valence-electron chi connectivity index (χ4n) is 18.8. The van der Waals surface area contributed by atoms with Gasteiger partial charge in [0.2, 0.25) is 0 Å². The number of hydrogen-bond acceptors (Lipinski definition) is 0. The molecule has 0 aromatic rings. The molecule has 0 saturated heterocycles. The molecule has 0 aromatic carbocycles. The van der Waals surface area contributed by atoms with Crippen LogP contribution in [0.2, 0.25) is 0 Å². The molecule has 0 heteroatoms. The van der Waals surface area contributed by atoms with Crippen molar-refractivity contribution in [2.45, 2.75) is 44.9 Å². The van der Waals surface area contributed by atoms with Crippen LogP contribution in [0.15, 0.2) is 0 Å². The highest BCUT2D eigenvalue weighted by Gasteiger charge is 3.13. The Kier molecular flexibility index (Phi) is 0.999. The SMILES string of the molecule is C1C2C3C4CC5(CC6(C1CC56)C24)C1C2C3C3C45CC6(C7CCC74)C1C23C56. The van der Waals surface area contributed by atoms with Gasteiger partial charge in [-0.25, -0.2) is 0 Å². The number of hydrogen-bond donors (Lipinski definition) is 0. The standard InChI is InChI=1S/C26H28/c1-2-12-11(1)24-7-25(12)20-18-17-15(19(24)26(17,20)21(24)25)14-9-3-8-4-13-22(18)5-10(14)16(9)23(8,13)6-22/h8-21H,1-7H2. The Morgan fingerprint density at radius 1 is 0.692 bits per heavy atom. The largest absolute Gasteiger partial charge is 0.0493 e. The molecule has 0 N–H and O–H groups in total. The molecule has 15 aliphatic carbocycles. The summed E-state index contributed by atoms with van der Waals surface area (Å²) in [5.74, 6) is 18.2. The molecule has 2 spiro atoms. The van der Waals surface area contributed by atoms with Gasteiger partial charge in [-0.1, -0.05) is 0 Å². The van der Waals surface area contributed by atoms with Crippen molar-refractivity contribution >= 4 is 0 Å². The van der Waals surface area contributed by atoms with Crippen LogP contribution in [0.25, 0.3) is 0 Å². The van der Waals surface area contributed by atoms with E-state index in [0.717, 1.165) is 27.1 Å². The average molecular weight is 341 g/mol. The van der Waals surface area contributed by atoms with Gasteiger partial charge in [-0.2, -0.15) is 0 Å². The fourth-order valence-corrected chi connectivity index (χ4v) is 18.8. The Balaban J connectivity index is 1.16. The minimum Gasteiger partial charge on any atom is -0.0493 e. The monoisotopic (exact) mass is 340 g/mol. The normalized spacial score (nSPS) is 102. The molecule has 15 aliphatic rings. The van der Waals surface area contributed by atoms with E-state index in [-0.39, 0.29) is 0 Å². The maximum Gasteiger partial charge on any atom is -0.0151 e. The Morgan fingerprint density at radius 2 is 1.58 bits per heavy atom. The summed E-state index contributed by atoms with van der Waals surface area (Å²) in [6, 6.07) is 0. The van der Waals surface area contributed by atoms with Crippen LogP contribution in [-0.4, -0.2) is 0 Å². The van der Waals surface area contributed by atoms with Gasteiger partial charge in [0.1, 0.15) is 0 Å². The summed E-state index contributed by atoms with van der Waals surface area (Å²) >= 11 is 0. The molecule has 19 atom stereocenters. The Morgan fingerprint density at radius 3 is 2.42 bits per heavy atom. The van der Waals surface area contributed by atoms with E-state index in [4.69, 9.17) is 0 Å². The van der Waals surface area contributed by atoms with E-state index >= 15 is 0 Å². The molecule has 0 aromatic heterocycles. The van der Waals surface area contributed by atoms with E-state index in [1.807, 2.05) is 0 Å². The van der Waals surface area contributed by atoms with E-state index in [2.05, 4.69) is 0 Å². The second-order valence-corrected chi connectivity index (χ2v) is 15.1. The molecule has 0 nitrogen and oxygen atoms in total. The van der Waals surface area contributed by atoms with Crippen molar-refractivity contribution < 1.29 is 0 Å². The second-order valence-electron chi connectivity index (χ2n) is 15.1. The van der Waals surface area contributed by atoms with Gasteiger partial charge >= 0.3 is 0 Å². The van der Waals surface area contributed by atoms with Gasteiger partial charge in [0.15, 0.2) is 0 Å². The highest BCUT2D eigenvalue weighted by Crippen LogP contribution is 3.17. The van der Waals surface area contributed by atoms with Crippen molar-refractivity contribution in [1.82, 2.24) is 0 Å². The van der Waals surface area contributed by atoms with E-state index in [9.17, 15) is 0 Å². The predicted octanol–water partition coefficient (Wildman–Crippen LogP) is 4.45. The minimum absolute atomic E-state index is 0.959. The third-order valence-corrected chi connectivity index (χ3v) is 17.3. The summed E-state index contributed by atoms with van der Waals surface area (Å²) in [6.45, 7) is 0. The van der Waals surface area contributed by atoms with Crippen LogP contribution in [0.3, 0.4) is 0 Å². The maximum atomic E-state index is 1.80. The molecule has 26 heavy (non-hydrogen) atoms. The molecule has 8 bridgehead atoms. The highest BCUT2D eigenvalue weighted by molar-refractivity contribution is 5.59. The first-order valence-corrected chi connectivity index (χ1v) is 12.8. The molecule has 0 amide bonds. The molecule has 132 valence electrons. The summed E-state index contributed by atoms with van der Waals surface area (Å²) in [7, 11) is 0. The van der Waals surface area contributed by atoms with Gasteiger partial charge in [-0.05, 0) is 155 Å². The number of rotatable bonds is 0. The van der Waals surface area contributed by atoms with Gasteiger partial charge in [0.25, 0.3) is 0 Å². The van der Waals surface area contributed by atoms with Crippen molar-refractivity contribution in [3.05, 3.63) is 0 Å². The third kappa shape index (κ3) is 0.496. The van der Waals surface area contributed by atoms with E-state index < -0.39 is 0 Å². The van der Waals surface area contributed by atoms with Crippen molar-refractivity contribution in [3.8, 4) is 0 Å². The van der Waals surface area contributed by atoms with Gasteiger partial charge in [0, 0.05) is 0 Å². The molecule has 15 saturated carbocycles. The van der Waals surface area contributed by atoms with Gasteiger partial charge in [-0.15, -0.1) is 0 Å². The van der Waals surface area contributed by atoms with Crippen LogP contribution >= 0.6 is 0 Å². The van der Waals surface area contributed by atoms with Crippen molar-refractivity contribution in [2.24, 2.45) is 110 Å². The highest BCUT2D eigenvalue weighted by atomic mass is 15.2. The van der Waals surface area contributed by atoms with Crippen LogP contribution in [0, 0.1) is 110 Å². The zero-order chi connectivity index (χ0) is 15.5. The summed E-state index contributed by atoms with van der Waals surface area (Å²) in [5.41, 5.74) is 5.02. The summed E-state index contributed by atoms with van der Waals surface area (Å²) in [5, 5.41) is 0. The number of fused-ring (bicyclic) bond motifs is 1. The molecule has 15 rings (SSSR count). The molecule has 0 heterocycles. The topological polar surface area (TPSA) is 0 Å². The molecule has 19 unspecified atom stereocenters. The molecular weight excluding hydrogens is 312 g/mol. The van der Waals surface area contributed by atoms with E-state index in [0.29, 0.717) is 0 Å². The van der Waals surface area contributed by atoms with Crippen LogP contribution in [0.4, 0.5) is 0 Å². The second kappa shape index (κ2) is 2.31. The lowest BCUT2D eigenvalue weighted by Gasteiger charge is -3.07. The van der Waals surface area contributed by atoms with Crippen LogP contribution in [-0.2, 0) is 0 Å². The lowest BCUT2D eigenvalue weighted by molar-refractivity contribution is -0.607. The quantitative estimate of drug-likeness (QED) is 0.611. The van der Waals surface area contributed by atoms with E-state index in [1.54, 1.807) is 44.9 Å². The molecule has 15 fully saturated rings. The van der Waals surface area contributed by atoms with Gasteiger partial charge in [-0.3, -0.25) is 0 Å². The lowest BCUT2D eigenvalue weighted by atomic mass is 8.97. The third-order valence-electron chi connectivity index (χ3n) is 17.3. The molecule has 0 radical (unpaired) electrons. The summed E-state index contributed by atoms with van der Waals surface area (Å²) < 4.78 is 0. The smallest absolute Gasteiger partial charge is 0.0151 e. The van der Waals surface area contributed by atoms with Crippen LogP contribution in [0.1, 0.15) is 44.9 Å². The Bertz CT molecular complexity index is 996. The summed E-state index contributed by atoms with van der Waals surface area (Å²) in [4.78, 5) is 0. The van der Waals surface area contributed by atoms with Gasteiger partial charge < -0.3 is 0 Å². The summed E-state index contributed by atoms with van der Waals surface area (Å²) in [6.07, 6.45) is 12.2. The zero-order valence-corrected chi connectivity index (χ0v) is 15.5. The zero-order valence-electron chi connectivity index (χ0n) is 15.5. The molecule has 0 aliphatic heterocycles. The Hall–Kier alpha value is 0. The lowest BCUT2D eigenvalue weighted by Crippen LogP contribution is -3.04. The first kappa shape index (κ1) is 11.3. The van der Waals surface area contributed by atoms with Crippen molar-refractivity contribution in [2.75, 3.05) is 0 Å².